The van der Waals surface area contributed by atoms with Gasteiger partial charge in [-0.2, -0.15) is 0 Å². The maximum Gasteiger partial charge on any atom is 0.131 e. The second-order valence-corrected chi connectivity index (χ2v) is 10.1. The highest BCUT2D eigenvalue weighted by Gasteiger charge is 2.19. The molecule has 1 aliphatic rings. The zero-order valence-corrected chi connectivity index (χ0v) is 23.0. The van der Waals surface area contributed by atoms with Crippen LogP contribution >= 0.6 is 0 Å². The molecule has 3 atom stereocenters. The molecule has 0 amide bonds. The van der Waals surface area contributed by atoms with Crippen molar-refractivity contribution in [1.29, 1.82) is 0 Å². The van der Waals surface area contributed by atoms with Crippen LogP contribution in [0.1, 0.15) is 50.8 Å². The summed E-state index contributed by atoms with van der Waals surface area (Å²) in [6.45, 7) is 12.4. The summed E-state index contributed by atoms with van der Waals surface area (Å²) in [6.07, 6.45) is 3.55. The average Bonchev–Trinajstić information content (AvgIpc) is 2.97. The first-order chi connectivity index (χ1) is 18.4. The van der Waals surface area contributed by atoms with E-state index in [1.807, 2.05) is 41.8 Å². The smallest absolute Gasteiger partial charge is 0.131 e. The van der Waals surface area contributed by atoms with Crippen molar-refractivity contribution in [3.8, 4) is 11.1 Å². The summed E-state index contributed by atoms with van der Waals surface area (Å²) in [7, 11) is 1.80. The molecule has 0 spiro atoms. The fraction of sp³-hybridized carbons (Fsp3) is 0.333. The number of rotatable bonds is 5. The number of aromatic nitrogens is 2. The van der Waals surface area contributed by atoms with Crippen LogP contribution in [0.25, 0.3) is 27.7 Å². The standard InChI is InChI=1S/C27H27N3.C6H12FN/c1-5-19(2)24-13-9-12-22-14-16-25(29-27(22)24)20(3)30-18-23(15-17-26(30)28-4)21-10-7-6-8-11-21;1-5-2-3-8-4-6(5)7/h6-19H,3,5H2,1-2,4H3;5-6,8H,2-4H2,1H3. The van der Waals surface area contributed by atoms with Gasteiger partial charge in [0.1, 0.15) is 11.7 Å². The van der Waals surface area contributed by atoms with Crippen LogP contribution in [0, 0.1) is 5.92 Å². The van der Waals surface area contributed by atoms with Crippen LogP contribution in [-0.2, 0) is 0 Å². The third-order valence-corrected chi connectivity index (χ3v) is 7.48. The van der Waals surface area contributed by atoms with Crippen molar-refractivity contribution in [2.24, 2.45) is 10.9 Å². The minimum atomic E-state index is -0.608. The number of benzene rings is 2. The first-order valence-electron chi connectivity index (χ1n) is 13.6. The van der Waals surface area contributed by atoms with Crippen LogP contribution in [-0.4, -0.2) is 35.9 Å². The van der Waals surface area contributed by atoms with E-state index in [0.29, 0.717) is 12.5 Å². The van der Waals surface area contributed by atoms with Crippen LogP contribution < -0.4 is 10.8 Å². The largest absolute Gasteiger partial charge is 0.314 e. The van der Waals surface area contributed by atoms with Crippen molar-refractivity contribution in [3.63, 3.8) is 0 Å². The van der Waals surface area contributed by atoms with Crippen LogP contribution in [0.15, 0.2) is 90.6 Å². The molecule has 0 saturated carbocycles. The molecule has 2 aromatic carbocycles. The summed E-state index contributed by atoms with van der Waals surface area (Å²) >= 11 is 0. The molecule has 4 aromatic rings. The molecule has 1 fully saturated rings. The SMILES string of the molecule is C=C(c1ccc2cccc(C(C)CC)c2n1)n1cc(-c2ccccc2)ccc1=NC.CC1CCNCC1F. The molecule has 5 heteroatoms. The Kier molecular flexibility index (Phi) is 9.24. The van der Waals surface area contributed by atoms with E-state index >= 15 is 0 Å². The van der Waals surface area contributed by atoms with E-state index in [1.54, 1.807) is 7.05 Å². The van der Waals surface area contributed by atoms with Gasteiger partial charge in [-0.05, 0) is 66.1 Å². The van der Waals surface area contributed by atoms with Crippen molar-refractivity contribution >= 4 is 16.6 Å². The lowest BCUT2D eigenvalue weighted by Gasteiger charge is -2.22. The Balaban J connectivity index is 0.000000360. The van der Waals surface area contributed by atoms with Gasteiger partial charge >= 0.3 is 0 Å². The zero-order chi connectivity index (χ0) is 27.1. The van der Waals surface area contributed by atoms with Crippen molar-refractivity contribution < 1.29 is 4.39 Å². The van der Waals surface area contributed by atoms with Crippen molar-refractivity contribution in [2.45, 2.75) is 45.7 Å². The van der Waals surface area contributed by atoms with E-state index in [4.69, 9.17) is 4.98 Å². The van der Waals surface area contributed by atoms with Gasteiger partial charge in [0, 0.05) is 25.2 Å². The van der Waals surface area contributed by atoms with Crippen LogP contribution in [0.4, 0.5) is 4.39 Å². The number of alkyl halides is 1. The molecule has 198 valence electrons. The summed E-state index contributed by atoms with van der Waals surface area (Å²) in [5, 5.41) is 4.15. The zero-order valence-electron chi connectivity index (χ0n) is 23.0. The highest BCUT2D eigenvalue weighted by molar-refractivity contribution is 5.84. The van der Waals surface area contributed by atoms with E-state index in [-0.39, 0.29) is 5.92 Å². The molecular weight excluding hydrogens is 471 g/mol. The summed E-state index contributed by atoms with van der Waals surface area (Å²) < 4.78 is 14.5. The molecule has 1 aliphatic heterocycles. The second kappa shape index (κ2) is 12.8. The number of nitrogens with zero attached hydrogens (tertiary/aromatic N) is 3. The van der Waals surface area contributed by atoms with Crippen molar-refractivity contribution in [3.05, 3.63) is 102 Å². The number of hydrogen-bond acceptors (Lipinski definition) is 3. The van der Waals surface area contributed by atoms with Gasteiger partial charge < -0.3 is 5.32 Å². The maximum absolute atomic E-state index is 12.5. The molecule has 3 unspecified atom stereocenters. The van der Waals surface area contributed by atoms with E-state index in [9.17, 15) is 4.39 Å². The number of nitrogens with one attached hydrogen (secondary N) is 1. The molecule has 38 heavy (non-hydrogen) atoms. The average molecular weight is 511 g/mol. The molecule has 1 saturated heterocycles. The van der Waals surface area contributed by atoms with Gasteiger partial charge in [0.25, 0.3) is 0 Å². The minimum Gasteiger partial charge on any atom is -0.314 e. The number of hydrogen-bond donors (Lipinski definition) is 1. The monoisotopic (exact) mass is 510 g/mol. The molecule has 3 heterocycles. The number of halogens is 1. The lowest BCUT2D eigenvalue weighted by atomic mass is 9.95. The van der Waals surface area contributed by atoms with E-state index < -0.39 is 6.17 Å². The maximum atomic E-state index is 12.5. The van der Waals surface area contributed by atoms with Gasteiger partial charge in [0.15, 0.2) is 0 Å². The Labute approximate surface area is 226 Å². The first kappa shape index (κ1) is 27.5. The highest BCUT2D eigenvalue weighted by Crippen LogP contribution is 2.28. The highest BCUT2D eigenvalue weighted by atomic mass is 19.1. The predicted molar refractivity (Wildman–Crippen MR) is 158 cm³/mol. The molecular formula is C33H39FN4. The van der Waals surface area contributed by atoms with E-state index in [1.165, 1.54) is 5.56 Å². The van der Waals surface area contributed by atoms with Gasteiger partial charge in [-0.15, -0.1) is 0 Å². The van der Waals surface area contributed by atoms with Gasteiger partial charge in [-0.25, -0.2) is 9.37 Å². The fourth-order valence-corrected chi connectivity index (χ4v) is 4.72. The van der Waals surface area contributed by atoms with Gasteiger partial charge in [0.2, 0.25) is 0 Å². The summed E-state index contributed by atoms with van der Waals surface area (Å²) in [4.78, 5) is 9.48. The quantitative estimate of drug-likeness (QED) is 0.308. The molecule has 1 N–H and O–H groups in total. The lowest BCUT2D eigenvalue weighted by molar-refractivity contribution is 0.194. The van der Waals surface area contributed by atoms with Crippen LogP contribution in [0.3, 0.4) is 0 Å². The molecule has 0 radical (unpaired) electrons. The number of piperidine rings is 1. The topological polar surface area (TPSA) is 42.2 Å². The molecule has 4 nitrogen and oxygen atoms in total. The first-order valence-corrected chi connectivity index (χ1v) is 13.6. The fourth-order valence-electron chi connectivity index (χ4n) is 4.72. The van der Waals surface area contributed by atoms with E-state index in [2.05, 4.69) is 79.4 Å². The van der Waals surface area contributed by atoms with Crippen LogP contribution in [0.2, 0.25) is 0 Å². The molecule has 0 bridgehead atoms. The number of pyridine rings is 2. The predicted octanol–water partition coefficient (Wildman–Crippen LogP) is 7.22. The minimum absolute atomic E-state index is 0.274. The Bertz CT molecular complexity index is 1430. The molecule has 5 rings (SSSR count). The summed E-state index contributed by atoms with van der Waals surface area (Å²) in [6, 6.07) is 25.1. The lowest BCUT2D eigenvalue weighted by Crippen LogP contribution is -2.36. The van der Waals surface area contributed by atoms with Crippen LogP contribution in [0.5, 0.6) is 0 Å². The Morgan fingerprint density at radius 3 is 2.53 bits per heavy atom. The Morgan fingerprint density at radius 2 is 1.87 bits per heavy atom. The van der Waals surface area contributed by atoms with Gasteiger partial charge in [-0.1, -0.05) is 81.9 Å². The third-order valence-electron chi connectivity index (χ3n) is 7.48. The number of fused-ring (bicyclic) bond motifs is 1. The number of para-hydroxylation sites is 1. The van der Waals surface area contributed by atoms with E-state index in [0.717, 1.165) is 58.3 Å². The second-order valence-electron chi connectivity index (χ2n) is 10.1. The molecule has 0 aliphatic carbocycles. The summed E-state index contributed by atoms with van der Waals surface area (Å²) in [5.41, 5.74) is 7.13. The Morgan fingerprint density at radius 1 is 1.08 bits per heavy atom. The summed E-state index contributed by atoms with van der Waals surface area (Å²) in [5.74, 6) is 0.733. The van der Waals surface area contributed by atoms with Crippen molar-refractivity contribution in [1.82, 2.24) is 14.9 Å². The van der Waals surface area contributed by atoms with Crippen molar-refractivity contribution in [2.75, 3.05) is 20.1 Å². The molecule has 2 aromatic heterocycles. The normalized spacial score (nSPS) is 18.5. The van der Waals surface area contributed by atoms with Gasteiger partial charge in [-0.3, -0.25) is 9.56 Å². The van der Waals surface area contributed by atoms with Gasteiger partial charge in [0.05, 0.1) is 16.9 Å². The third kappa shape index (κ3) is 6.28. The Hall–Kier alpha value is -3.57.